The highest BCUT2D eigenvalue weighted by Gasteiger charge is 2.11. The Labute approximate surface area is 92.2 Å². The number of carbonyl (C=O) groups is 1. The summed E-state index contributed by atoms with van der Waals surface area (Å²) in [4.78, 5) is 10.5. The summed E-state index contributed by atoms with van der Waals surface area (Å²) in [5.74, 6) is -0.0332. The molecule has 0 saturated heterocycles. The first-order chi connectivity index (χ1) is 7.11. The fraction of sp³-hybridized carbons (Fsp3) is 0.909. The molecule has 2 atom stereocenters. The number of aliphatic hydroxyl groups is 1. The molecule has 0 heterocycles. The van der Waals surface area contributed by atoms with Crippen LogP contribution in [0, 0.1) is 5.92 Å². The van der Waals surface area contributed by atoms with Gasteiger partial charge >= 0.3 is 0 Å². The highest BCUT2D eigenvalue weighted by atomic mass is 16.3. The zero-order valence-corrected chi connectivity index (χ0v) is 9.83. The van der Waals surface area contributed by atoms with E-state index in [0.717, 1.165) is 13.0 Å². The van der Waals surface area contributed by atoms with E-state index < -0.39 is 12.0 Å². The van der Waals surface area contributed by atoms with Crippen molar-refractivity contribution in [1.29, 1.82) is 0 Å². The molecule has 0 radical (unpaired) electrons. The molecule has 0 fully saturated rings. The number of hydrogen-bond acceptors (Lipinski definition) is 3. The first-order valence-corrected chi connectivity index (χ1v) is 5.79. The quantitative estimate of drug-likeness (QED) is 0.529. The lowest BCUT2D eigenvalue weighted by Gasteiger charge is -2.16. The molecule has 0 aliphatic heterocycles. The van der Waals surface area contributed by atoms with Crippen LogP contribution in [-0.4, -0.2) is 30.2 Å². The molecule has 2 unspecified atom stereocenters. The van der Waals surface area contributed by atoms with Crippen molar-refractivity contribution in [3.63, 3.8) is 0 Å². The van der Waals surface area contributed by atoms with Gasteiger partial charge in [0.05, 0.1) is 0 Å². The van der Waals surface area contributed by atoms with Crippen LogP contribution in [0.2, 0.25) is 0 Å². The molecule has 0 rings (SSSR count). The number of hydrogen-bond donors (Lipinski definition) is 3. The van der Waals surface area contributed by atoms with E-state index in [2.05, 4.69) is 19.2 Å². The second-order valence-corrected chi connectivity index (χ2v) is 3.99. The van der Waals surface area contributed by atoms with Crippen LogP contribution in [0.3, 0.4) is 0 Å². The monoisotopic (exact) mass is 216 g/mol. The molecule has 0 aromatic heterocycles. The van der Waals surface area contributed by atoms with Crippen LogP contribution in [0.4, 0.5) is 0 Å². The highest BCUT2D eigenvalue weighted by molar-refractivity contribution is 5.78. The van der Waals surface area contributed by atoms with Gasteiger partial charge in [0.1, 0.15) is 6.10 Å². The molecule has 0 aromatic carbocycles. The van der Waals surface area contributed by atoms with Crippen molar-refractivity contribution < 1.29 is 9.90 Å². The number of amides is 1. The topological polar surface area (TPSA) is 75.3 Å². The molecule has 0 bridgehead atoms. The van der Waals surface area contributed by atoms with Crippen LogP contribution in [0.25, 0.3) is 0 Å². The van der Waals surface area contributed by atoms with Crippen LogP contribution in [-0.2, 0) is 4.79 Å². The summed E-state index contributed by atoms with van der Waals surface area (Å²) in [6.45, 7) is 5.45. The summed E-state index contributed by atoms with van der Waals surface area (Å²) >= 11 is 0. The molecular weight excluding hydrogens is 192 g/mol. The lowest BCUT2D eigenvalue weighted by Crippen LogP contribution is -2.39. The van der Waals surface area contributed by atoms with Gasteiger partial charge in [-0.15, -0.1) is 0 Å². The van der Waals surface area contributed by atoms with Crippen LogP contribution < -0.4 is 11.1 Å². The van der Waals surface area contributed by atoms with Crippen molar-refractivity contribution in [3.8, 4) is 0 Å². The Bertz CT molecular complexity index is 174. The molecule has 1 amide bonds. The first-order valence-electron chi connectivity index (χ1n) is 5.79. The predicted octanol–water partition coefficient (Wildman–Crippen LogP) is 0.639. The Kier molecular flexibility index (Phi) is 8.33. The van der Waals surface area contributed by atoms with Gasteiger partial charge in [-0.1, -0.05) is 33.1 Å². The number of nitrogens with one attached hydrogen (secondary N) is 1. The maximum atomic E-state index is 10.5. The van der Waals surface area contributed by atoms with E-state index in [1.54, 1.807) is 0 Å². The van der Waals surface area contributed by atoms with Crippen molar-refractivity contribution in [2.24, 2.45) is 11.7 Å². The number of primary amides is 1. The van der Waals surface area contributed by atoms with Crippen molar-refractivity contribution in [3.05, 3.63) is 0 Å². The summed E-state index contributed by atoms with van der Waals surface area (Å²) in [5.41, 5.74) is 4.94. The van der Waals surface area contributed by atoms with E-state index >= 15 is 0 Å². The normalized spacial score (nSPS) is 14.9. The number of carbonyl (C=O) groups excluding carboxylic acids is 1. The highest BCUT2D eigenvalue weighted by Crippen LogP contribution is 2.10. The van der Waals surface area contributed by atoms with Gasteiger partial charge in [0.2, 0.25) is 5.91 Å². The summed E-state index contributed by atoms with van der Waals surface area (Å²) < 4.78 is 0. The van der Waals surface area contributed by atoms with E-state index in [9.17, 15) is 4.79 Å². The number of rotatable bonds is 9. The SMILES string of the molecule is CCCCC(CC)CNCC(O)C(N)=O. The third-order valence-electron chi connectivity index (χ3n) is 2.64. The zero-order valence-electron chi connectivity index (χ0n) is 9.83. The summed E-state index contributed by atoms with van der Waals surface area (Å²) in [6.07, 6.45) is 3.71. The summed E-state index contributed by atoms with van der Waals surface area (Å²) in [7, 11) is 0. The molecular formula is C11H24N2O2. The van der Waals surface area contributed by atoms with Crippen molar-refractivity contribution in [2.45, 2.75) is 45.6 Å². The number of aliphatic hydroxyl groups excluding tert-OH is 1. The van der Waals surface area contributed by atoms with Gasteiger partial charge in [-0.05, 0) is 18.9 Å². The molecule has 0 spiro atoms. The Morgan fingerprint density at radius 1 is 1.40 bits per heavy atom. The van der Waals surface area contributed by atoms with Crippen molar-refractivity contribution in [1.82, 2.24) is 5.32 Å². The zero-order chi connectivity index (χ0) is 11.7. The Hall–Kier alpha value is -0.610. The van der Waals surface area contributed by atoms with Gasteiger partial charge in [0.25, 0.3) is 0 Å². The average Bonchev–Trinajstić information content (AvgIpc) is 2.22. The summed E-state index contributed by atoms with van der Waals surface area (Å²) in [5, 5.41) is 12.2. The molecule has 90 valence electrons. The van der Waals surface area contributed by atoms with E-state index in [1.165, 1.54) is 19.3 Å². The fourth-order valence-corrected chi connectivity index (χ4v) is 1.47. The van der Waals surface area contributed by atoms with Gasteiger partial charge in [-0.25, -0.2) is 0 Å². The lowest BCUT2D eigenvalue weighted by molar-refractivity contribution is -0.125. The lowest BCUT2D eigenvalue weighted by atomic mass is 9.99. The molecule has 4 N–H and O–H groups in total. The van der Waals surface area contributed by atoms with Crippen LogP contribution in [0.15, 0.2) is 0 Å². The third-order valence-corrected chi connectivity index (χ3v) is 2.64. The smallest absolute Gasteiger partial charge is 0.247 e. The Morgan fingerprint density at radius 3 is 2.53 bits per heavy atom. The molecule has 0 aliphatic carbocycles. The van der Waals surface area contributed by atoms with Crippen LogP contribution in [0.5, 0.6) is 0 Å². The standard InChI is InChI=1S/C11H24N2O2/c1-3-5-6-9(4-2)7-13-8-10(14)11(12)15/h9-10,13-14H,3-8H2,1-2H3,(H2,12,15). The van der Waals surface area contributed by atoms with Gasteiger partial charge in [-0.2, -0.15) is 0 Å². The van der Waals surface area contributed by atoms with Gasteiger partial charge in [-0.3, -0.25) is 4.79 Å². The number of unbranched alkanes of at least 4 members (excludes halogenated alkanes) is 1. The minimum Gasteiger partial charge on any atom is -0.382 e. The van der Waals surface area contributed by atoms with E-state index in [-0.39, 0.29) is 6.54 Å². The average molecular weight is 216 g/mol. The van der Waals surface area contributed by atoms with Gasteiger partial charge in [0, 0.05) is 6.54 Å². The molecule has 15 heavy (non-hydrogen) atoms. The van der Waals surface area contributed by atoms with E-state index in [0.29, 0.717) is 5.92 Å². The Balaban J connectivity index is 3.57. The van der Waals surface area contributed by atoms with Crippen molar-refractivity contribution >= 4 is 5.91 Å². The minimum atomic E-state index is -1.06. The van der Waals surface area contributed by atoms with Gasteiger partial charge < -0.3 is 16.2 Å². The molecule has 4 heteroatoms. The second-order valence-electron chi connectivity index (χ2n) is 3.99. The van der Waals surface area contributed by atoms with Crippen LogP contribution in [0.1, 0.15) is 39.5 Å². The van der Waals surface area contributed by atoms with Crippen molar-refractivity contribution in [2.75, 3.05) is 13.1 Å². The summed E-state index contributed by atoms with van der Waals surface area (Å²) in [6, 6.07) is 0. The van der Waals surface area contributed by atoms with E-state index in [1.807, 2.05) is 0 Å². The fourth-order valence-electron chi connectivity index (χ4n) is 1.47. The number of nitrogens with two attached hydrogens (primary N) is 1. The third kappa shape index (κ3) is 7.33. The minimum absolute atomic E-state index is 0.262. The molecule has 0 aliphatic rings. The molecule has 0 aromatic rings. The largest absolute Gasteiger partial charge is 0.382 e. The first kappa shape index (κ1) is 14.4. The second kappa shape index (κ2) is 8.68. The van der Waals surface area contributed by atoms with E-state index in [4.69, 9.17) is 10.8 Å². The van der Waals surface area contributed by atoms with Crippen LogP contribution >= 0.6 is 0 Å². The predicted molar refractivity (Wildman–Crippen MR) is 61.4 cm³/mol. The Morgan fingerprint density at radius 2 is 2.07 bits per heavy atom. The molecule has 4 nitrogen and oxygen atoms in total. The molecule has 0 saturated carbocycles. The van der Waals surface area contributed by atoms with Gasteiger partial charge in [0.15, 0.2) is 0 Å². The maximum absolute atomic E-state index is 10.5. The maximum Gasteiger partial charge on any atom is 0.247 e.